The quantitative estimate of drug-likeness (QED) is 0.765. The SMILES string of the molecule is C1CNC[C@H](CCN2CCSCC2)C1. The topological polar surface area (TPSA) is 15.3 Å². The van der Waals surface area contributed by atoms with E-state index >= 15 is 0 Å². The minimum atomic E-state index is 0.957. The van der Waals surface area contributed by atoms with Gasteiger partial charge in [0.05, 0.1) is 0 Å². The van der Waals surface area contributed by atoms with Gasteiger partial charge in [0, 0.05) is 24.6 Å². The zero-order chi connectivity index (χ0) is 9.64. The van der Waals surface area contributed by atoms with Gasteiger partial charge in [-0.2, -0.15) is 11.8 Å². The summed E-state index contributed by atoms with van der Waals surface area (Å²) >= 11 is 2.11. The molecule has 0 aliphatic carbocycles. The molecule has 14 heavy (non-hydrogen) atoms. The number of nitrogens with zero attached hydrogens (tertiary/aromatic N) is 1. The summed E-state index contributed by atoms with van der Waals surface area (Å²) in [6.07, 6.45) is 4.26. The first-order chi connectivity index (χ1) is 6.95. The maximum Gasteiger partial charge on any atom is 0.00727 e. The van der Waals surface area contributed by atoms with Crippen molar-refractivity contribution in [3.63, 3.8) is 0 Å². The van der Waals surface area contributed by atoms with Crippen molar-refractivity contribution in [3.8, 4) is 0 Å². The number of nitrogens with one attached hydrogen (secondary N) is 1. The van der Waals surface area contributed by atoms with E-state index in [0.717, 1.165) is 5.92 Å². The summed E-state index contributed by atoms with van der Waals surface area (Å²) in [5.41, 5.74) is 0. The zero-order valence-electron chi connectivity index (χ0n) is 9.00. The Morgan fingerprint density at radius 2 is 2.14 bits per heavy atom. The summed E-state index contributed by atoms with van der Waals surface area (Å²) in [6.45, 7) is 6.50. The summed E-state index contributed by atoms with van der Waals surface area (Å²) in [4.78, 5) is 2.64. The second-order valence-corrected chi connectivity index (χ2v) is 5.68. The first kappa shape index (κ1) is 10.8. The van der Waals surface area contributed by atoms with Gasteiger partial charge in [0.25, 0.3) is 0 Å². The molecular formula is C11H22N2S. The number of rotatable bonds is 3. The van der Waals surface area contributed by atoms with E-state index in [4.69, 9.17) is 0 Å². The van der Waals surface area contributed by atoms with Crippen molar-refractivity contribution in [1.29, 1.82) is 0 Å². The van der Waals surface area contributed by atoms with Crippen molar-refractivity contribution in [3.05, 3.63) is 0 Å². The van der Waals surface area contributed by atoms with Crippen LogP contribution in [0.4, 0.5) is 0 Å². The fourth-order valence-electron chi connectivity index (χ4n) is 2.36. The highest BCUT2D eigenvalue weighted by molar-refractivity contribution is 7.99. The van der Waals surface area contributed by atoms with Gasteiger partial charge < -0.3 is 10.2 Å². The molecule has 1 atom stereocenters. The van der Waals surface area contributed by atoms with Crippen LogP contribution in [-0.2, 0) is 0 Å². The minimum absolute atomic E-state index is 0.957. The van der Waals surface area contributed by atoms with Crippen LogP contribution in [0.5, 0.6) is 0 Å². The standard InChI is InChI=1S/C11H22N2S/c1-2-11(10-12-4-1)3-5-13-6-8-14-9-7-13/h11-12H,1-10H2/t11-/m0/s1. The van der Waals surface area contributed by atoms with Gasteiger partial charge in [0.15, 0.2) is 0 Å². The molecule has 2 aliphatic heterocycles. The van der Waals surface area contributed by atoms with Gasteiger partial charge in [0.2, 0.25) is 0 Å². The maximum absolute atomic E-state index is 3.50. The summed E-state index contributed by atoms with van der Waals surface area (Å²) in [5, 5.41) is 3.50. The average Bonchev–Trinajstić information content (AvgIpc) is 2.29. The molecule has 2 aliphatic rings. The molecule has 2 saturated heterocycles. The molecule has 0 bridgehead atoms. The van der Waals surface area contributed by atoms with Crippen molar-refractivity contribution in [1.82, 2.24) is 10.2 Å². The van der Waals surface area contributed by atoms with E-state index in [0.29, 0.717) is 0 Å². The predicted octanol–water partition coefficient (Wildman–Crippen LogP) is 1.42. The van der Waals surface area contributed by atoms with Crippen LogP contribution in [0.3, 0.4) is 0 Å². The molecule has 0 saturated carbocycles. The van der Waals surface area contributed by atoms with Gasteiger partial charge in [-0.3, -0.25) is 0 Å². The molecule has 82 valence electrons. The number of piperidine rings is 1. The molecule has 1 N–H and O–H groups in total. The Balaban J connectivity index is 1.60. The lowest BCUT2D eigenvalue weighted by atomic mass is 9.96. The van der Waals surface area contributed by atoms with E-state index in [1.807, 2.05) is 0 Å². The van der Waals surface area contributed by atoms with E-state index in [1.54, 1.807) is 0 Å². The van der Waals surface area contributed by atoms with Crippen LogP contribution >= 0.6 is 11.8 Å². The fourth-order valence-corrected chi connectivity index (χ4v) is 3.34. The highest BCUT2D eigenvalue weighted by atomic mass is 32.2. The first-order valence-corrected chi connectivity index (χ1v) is 7.11. The van der Waals surface area contributed by atoms with Crippen LogP contribution in [0.2, 0.25) is 0 Å². The Hall–Kier alpha value is 0.270. The van der Waals surface area contributed by atoms with Crippen LogP contribution in [0, 0.1) is 5.92 Å². The molecule has 2 fully saturated rings. The van der Waals surface area contributed by atoms with Crippen LogP contribution in [0.15, 0.2) is 0 Å². The van der Waals surface area contributed by atoms with E-state index in [-0.39, 0.29) is 0 Å². The molecule has 0 unspecified atom stereocenters. The van der Waals surface area contributed by atoms with Crippen LogP contribution in [0.1, 0.15) is 19.3 Å². The van der Waals surface area contributed by atoms with Crippen LogP contribution < -0.4 is 5.32 Å². The Morgan fingerprint density at radius 3 is 2.86 bits per heavy atom. The summed E-state index contributed by atoms with van der Waals surface area (Å²) < 4.78 is 0. The van der Waals surface area contributed by atoms with E-state index < -0.39 is 0 Å². The number of hydrogen-bond donors (Lipinski definition) is 1. The van der Waals surface area contributed by atoms with Gasteiger partial charge >= 0.3 is 0 Å². The number of thioether (sulfide) groups is 1. The van der Waals surface area contributed by atoms with Gasteiger partial charge in [-0.15, -0.1) is 0 Å². The zero-order valence-corrected chi connectivity index (χ0v) is 9.82. The van der Waals surface area contributed by atoms with Gasteiger partial charge in [-0.05, 0) is 44.8 Å². The number of hydrogen-bond acceptors (Lipinski definition) is 3. The van der Waals surface area contributed by atoms with Crippen LogP contribution in [0.25, 0.3) is 0 Å². The molecule has 0 radical (unpaired) electrons. The lowest BCUT2D eigenvalue weighted by molar-refractivity contribution is 0.254. The molecule has 2 rings (SSSR count). The third-order valence-electron chi connectivity index (χ3n) is 3.36. The van der Waals surface area contributed by atoms with E-state index in [1.165, 1.54) is 63.5 Å². The second-order valence-electron chi connectivity index (χ2n) is 4.46. The molecular weight excluding hydrogens is 192 g/mol. The maximum atomic E-state index is 3.50. The minimum Gasteiger partial charge on any atom is -0.316 e. The smallest absolute Gasteiger partial charge is 0.00727 e. The first-order valence-electron chi connectivity index (χ1n) is 5.96. The van der Waals surface area contributed by atoms with Crippen molar-refractivity contribution in [2.45, 2.75) is 19.3 Å². The Labute approximate surface area is 91.8 Å². The van der Waals surface area contributed by atoms with E-state index in [2.05, 4.69) is 22.0 Å². The molecule has 0 spiro atoms. The average molecular weight is 214 g/mol. The van der Waals surface area contributed by atoms with Crippen LogP contribution in [-0.4, -0.2) is 49.1 Å². The molecule has 0 amide bonds. The summed E-state index contributed by atoms with van der Waals surface area (Å²) in [6, 6.07) is 0. The van der Waals surface area contributed by atoms with Crippen molar-refractivity contribution in [2.24, 2.45) is 5.92 Å². The van der Waals surface area contributed by atoms with Gasteiger partial charge in [0.1, 0.15) is 0 Å². The predicted molar refractivity (Wildman–Crippen MR) is 64.0 cm³/mol. The Bertz CT molecular complexity index is 133. The second kappa shape index (κ2) is 5.99. The highest BCUT2D eigenvalue weighted by Crippen LogP contribution is 2.16. The monoisotopic (exact) mass is 214 g/mol. The highest BCUT2D eigenvalue weighted by Gasteiger charge is 2.15. The summed E-state index contributed by atoms with van der Waals surface area (Å²) in [7, 11) is 0. The van der Waals surface area contributed by atoms with Crippen molar-refractivity contribution < 1.29 is 0 Å². The molecule has 3 heteroatoms. The normalized spacial score (nSPS) is 30.4. The summed E-state index contributed by atoms with van der Waals surface area (Å²) in [5.74, 6) is 3.66. The third-order valence-corrected chi connectivity index (χ3v) is 4.30. The Morgan fingerprint density at radius 1 is 1.29 bits per heavy atom. The molecule has 2 heterocycles. The third kappa shape index (κ3) is 3.44. The lowest BCUT2D eigenvalue weighted by Crippen LogP contribution is -2.36. The molecule has 0 aromatic carbocycles. The Kier molecular flexibility index (Phi) is 4.61. The van der Waals surface area contributed by atoms with E-state index in [9.17, 15) is 0 Å². The van der Waals surface area contributed by atoms with Crippen molar-refractivity contribution in [2.75, 3.05) is 44.2 Å². The molecule has 0 aromatic rings. The largest absolute Gasteiger partial charge is 0.316 e. The van der Waals surface area contributed by atoms with Crippen molar-refractivity contribution >= 4 is 11.8 Å². The van der Waals surface area contributed by atoms with Gasteiger partial charge in [-0.1, -0.05) is 0 Å². The fraction of sp³-hybridized carbons (Fsp3) is 1.00. The molecule has 0 aromatic heterocycles. The lowest BCUT2D eigenvalue weighted by Gasteiger charge is -2.29. The molecule has 2 nitrogen and oxygen atoms in total. The van der Waals surface area contributed by atoms with Gasteiger partial charge in [-0.25, -0.2) is 0 Å².